The number of benzene rings is 2. The molecule has 18 heavy (non-hydrogen) atoms. The second-order valence-electron chi connectivity index (χ2n) is 4.07. The van der Waals surface area contributed by atoms with Crippen LogP contribution in [0.2, 0.25) is 0 Å². The van der Waals surface area contributed by atoms with E-state index in [-0.39, 0.29) is 5.91 Å². The summed E-state index contributed by atoms with van der Waals surface area (Å²) >= 11 is 3.46. The predicted molar refractivity (Wildman–Crippen MR) is 75.7 cm³/mol. The Bertz CT molecular complexity index is 761. The third-order valence-electron chi connectivity index (χ3n) is 2.79. The molecule has 0 aliphatic carbocycles. The van der Waals surface area contributed by atoms with Gasteiger partial charge in [0.2, 0.25) is 5.91 Å². The van der Waals surface area contributed by atoms with E-state index >= 15 is 0 Å². The highest BCUT2D eigenvalue weighted by molar-refractivity contribution is 9.10. The van der Waals surface area contributed by atoms with Crippen molar-refractivity contribution in [3.63, 3.8) is 0 Å². The van der Waals surface area contributed by atoms with Gasteiger partial charge in [-0.15, -0.1) is 0 Å². The number of rotatable bonds is 1. The van der Waals surface area contributed by atoms with Gasteiger partial charge in [0, 0.05) is 16.8 Å². The molecular formula is C14H10BrNO2. The highest BCUT2D eigenvalue weighted by atomic mass is 79.9. The van der Waals surface area contributed by atoms with Crippen LogP contribution in [-0.2, 0) is 4.79 Å². The molecule has 0 unspecified atom stereocenters. The van der Waals surface area contributed by atoms with Crippen molar-refractivity contribution in [2.75, 3.05) is 5.32 Å². The number of amides is 1. The van der Waals surface area contributed by atoms with Crippen molar-refractivity contribution < 1.29 is 9.21 Å². The molecule has 0 saturated heterocycles. The molecule has 1 aromatic heterocycles. The molecule has 1 amide bonds. The van der Waals surface area contributed by atoms with Gasteiger partial charge in [0.15, 0.2) is 0 Å². The molecule has 1 N–H and O–H groups in total. The van der Waals surface area contributed by atoms with Crippen LogP contribution in [0.5, 0.6) is 0 Å². The van der Waals surface area contributed by atoms with Gasteiger partial charge in [-0.25, -0.2) is 0 Å². The zero-order valence-corrected chi connectivity index (χ0v) is 11.2. The molecule has 0 bridgehead atoms. The summed E-state index contributed by atoms with van der Waals surface area (Å²) in [7, 11) is 0. The minimum atomic E-state index is -0.103. The fourth-order valence-electron chi connectivity index (χ4n) is 2.09. The average molecular weight is 304 g/mol. The van der Waals surface area contributed by atoms with Gasteiger partial charge in [0.1, 0.15) is 11.2 Å². The summed E-state index contributed by atoms with van der Waals surface area (Å²) in [6, 6.07) is 11.5. The first-order chi connectivity index (χ1) is 8.66. The smallest absolute Gasteiger partial charge is 0.221 e. The van der Waals surface area contributed by atoms with Gasteiger partial charge in [-0.1, -0.05) is 18.2 Å². The molecule has 0 atom stereocenters. The summed E-state index contributed by atoms with van der Waals surface area (Å²) < 4.78 is 6.60. The first kappa shape index (κ1) is 11.3. The van der Waals surface area contributed by atoms with Crippen molar-refractivity contribution in [1.29, 1.82) is 0 Å². The fourth-order valence-corrected chi connectivity index (χ4v) is 2.52. The molecule has 90 valence electrons. The quantitative estimate of drug-likeness (QED) is 0.728. The highest BCUT2D eigenvalue weighted by Gasteiger charge is 2.14. The van der Waals surface area contributed by atoms with Crippen LogP contribution in [0, 0.1) is 0 Å². The Morgan fingerprint density at radius 3 is 2.72 bits per heavy atom. The fraction of sp³-hybridized carbons (Fsp3) is 0.0714. The summed E-state index contributed by atoms with van der Waals surface area (Å²) in [5.74, 6) is -0.103. The van der Waals surface area contributed by atoms with E-state index in [0.29, 0.717) is 0 Å². The largest absolute Gasteiger partial charge is 0.456 e. The second-order valence-corrected chi connectivity index (χ2v) is 4.93. The molecule has 0 aliphatic rings. The molecule has 4 heteroatoms. The number of carbonyl (C=O) groups is 1. The molecule has 3 aromatic rings. The van der Waals surface area contributed by atoms with Gasteiger partial charge < -0.3 is 9.73 Å². The highest BCUT2D eigenvalue weighted by Crippen LogP contribution is 2.38. The molecule has 3 rings (SSSR count). The zero-order chi connectivity index (χ0) is 12.7. The molecule has 0 spiro atoms. The minimum absolute atomic E-state index is 0.103. The van der Waals surface area contributed by atoms with Gasteiger partial charge in [-0.2, -0.15) is 0 Å². The molecule has 0 fully saturated rings. The lowest BCUT2D eigenvalue weighted by atomic mass is 10.1. The number of nitrogens with one attached hydrogen (secondary N) is 1. The van der Waals surface area contributed by atoms with Crippen LogP contribution in [0.4, 0.5) is 5.69 Å². The van der Waals surface area contributed by atoms with Crippen LogP contribution < -0.4 is 5.32 Å². The van der Waals surface area contributed by atoms with Gasteiger partial charge in [0.05, 0.1) is 11.1 Å². The number of para-hydroxylation sites is 1. The first-order valence-electron chi connectivity index (χ1n) is 5.54. The maximum atomic E-state index is 11.3. The van der Waals surface area contributed by atoms with E-state index in [1.165, 1.54) is 6.92 Å². The Hall–Kier alpha value is -1.81. The topological polar surface area (TPSA) is 42.2 Å². The number of anilines is 1. The molecule has 0 radical (unpaired) electrons. The van der Waals surface area contributed by atoms with Gasteiger partial charge in [-0.3, -0.25) is 4.79 Å². The van der Waals surface area contributed by atoms with E-state index in [0.717, 1.165) is 32.1 Å². The summed E-state index contributed by atoms with van der Waals surface area (Å²) in [6.45, 7) is 1.49. The maximum Gasteiger partial charge on any atom is 0.221 e. The first-order valence-corrected chi connectivity index (χ1v) is 6.33. The van der Waals surface area contributed by atoms with Crippen LogP contribution in [0.3, 0.4) is 0 Å². The van der Waals surface area contributed by atoms with Crippen LogP contribution in [0.1, 0.15) is 6.92 Å². The van der Waals surface area contributed by atoms with E-state index in [1.807, 2.05) is 36.4 Å². The van der Waals surface area contributed by atoms with Crippen molar-refractivity contribution in [1.82, 2.24) is 0 Å². The van der Waals surface area contributed by atoms with Gasteiger partial charge in [-0.05, 0) is 34.1 Å². The Kier molecular flexibility index (Phi) is 2.59. The molecule has 0 saturated carbocycles. The summed E-state index contributed by atoms with van der Waals surface area (Å²) in [4.78, 5) is 11.3. The lowest BCUT2D eigenvalue weighted by Gasteiger charge is -2.06. The van der Waals surface area contributed by atoms with Crippen LogP contribution in [0.15, 0.2) is 45.3 Å². The Morgan fingerprint density at radius 1 is 1.17 bits per heavy atom. The maximum absolute atomic E-state index is 11.3. The van der Waals surface area contributed by atoms with E-state index in [1.54, 1.807) is 0 Å². The number of halogens is 1. The number of hydrogen-bond donors (Lipinski definition) is 1. The molecule has 0 aliphatic heterocycles. The Morgan fingerprint density at radius 2 is 1.94 bits per heavy atom. The second kappa shape index (κ2) is 4.14. The monoisotopic (exact) mass is 303 g/mol. The third kappa shape index (κ3) is 1.69. The average Bonchev–Trinajstić information content (AvgIpc) is 2.71. The zero-order valence-electron chi connectivity index (χ0n) is 9.66. The van der Waals surface area contributed by atoms with Crippen LogP contribution in [-0.4, -0.2) is 5.91 Å². The van der Waals surface area contributed by atoms with Crippen molar-refractivity contribution >= 4 is 49.5 Å². The molecular weight excluding hydrogens is 294 g/mol. The number of carbonyl (C=O) groups excluding carboxylic acids is 1. The summed E-state index contributed by atoms with van der Waals surface area (Å²) in [6.07, 6.45) is 0. The Labute approximate surface area is 112 Å². The predicted octanol–water partition coefficient (Wildman–Crippen LogP) is 4.31. The third-order valence-corrected chi connectivity index (χ3v) is 3.45. The van der Waals surface area contributed by atoms with Crippen molar-refractivity contribution in [2.45, 2.75) is 6.92 Å². The number of fused-ring (bicyclic) bond motifs is 3. The standard InChI is InChI=1S/C14H10BrNO2/c1-8(17)16-14-10(15)6-7-12-13(14)9-4-2-3-5-11(9)18-12/h2-7H,1H3,(H,16,17). The van der Waals surface area contributed by atoms with Crippen molar-refractivity contribution in [3.05, 3.63) is 40.9 Å². The van der Waals surface area contributed by atoms with Crippen LogP contribution >= 0.6 is 15.9 Å². The Balaban J connectivity index is 2.44. The van der Waals surface area contributed by atoms with E-state index in [9.17, 15) is 4.79 Å². The SMILES string of the molecule is CC(=O)Nc1c(Br)ccc2oc3ccccc3c12. The van der Waals surface area contributed by atoms with Crippen molar-refractivity contribution in [3.8, 4) is 0 Å². The number of hydrogen-bond acceptors (Lipinski definition) is 2. The van der Waals surface area contributed by atoms with E-state index < -0.39 is 0 Å². The molecule has 1 heterocycles. The molecule has 3 nitrogen and oxygen atoms in total. The molecule has 2 aromatic carbocycles. The minimum Gasteiger partial charge on any atom is -0.456 e. The van der Waals surface area contributed by atoms with Crippen molar-refractivity contribution in [2.24, 2.45) is 0 Å². The summed E-state index contributed by atoms with van der Waals surface area (Å²) in [5.41, 5.74) is 2.34. The van der Waals surface area contributed by atoms with Gasteiger partial charge in [0.25, 0.3) is 0 Å². The van der Waals surface area contributed by atoms with Crippen LogP contribution in [0.25, 0.3) is 21.9 Å². The summed E-state index contributed by atoms with van der Waals surface area (Å²) in [5, 5.41) is 4.77. The lowest BCUT2D eigenvalue weighted by molar-refractivity contribution is -0.114. The van der Waals surface area contributed by atoms with E-state index in [4.69, 9.17) is 4.42 Å². The van der Waals surface area contributed by atoms with Gasteiger partial charge >= 0.3 is 0 Å². The number of furan rings is 1. The normalized spacial score (nSPS) is 11.0. The lowest BCUT2D eigenvalue weighted by Crippen LogP contribution is -2.06. The van der Waals surface area contributed by atoms with E-state index in [2.05, 4.69) is 21.2 Å².